The van der Waals surface area contributed by atoms with E-state index in [1.807, 2.05) is 44.2 Å². The third-order valence-corrected chi connectivity index (χ3v) is 5.29. The van der Waals surface area contributed by atoms with Crippen LogP contribution in [0.25, 0.3) is 11.7 Å². The van der Waals surface area contributed by atoms with Gasteiger partial charge in [-0.3, -0.25) is 14.0 Å². The van der Waals surface area contributed by atoms with Gasteiger partial charge in [0.05, 0.1) is 13.2 Å². The molecule has 32 heavy (non-hydrogen) atoms. The minimum atomic E-state index is -0.452. The Morgan fingerprint density at radius 2 is 1.88 bits per heavy atom. The van der Waals surface area contributed by atoms with E-state index < -0.39 is 11.5 Å². The Bertz CT molecular complexity index is 1310. The SMILES string of the molecule is Cc1ccccc1Oc1nc2c(C)cccn2c(=O)c1/C=C(\C#N)C(=O)N1CCOCC1. The predicted molar refractivity (Wildman–Crippen MR) is 118 cm³/mol. The summed E-state index contributed by atoms with van der Waals surface area (Å²) in [5.41, 5.74) is 1.54. The quantitative estimate of drug-likeness (QED) is 0.466. The fourth-order valence-electron chi connectivity index (χ4n) is 3.49. The molecule has 0 unspecified atom stereocenters. The number of fused-ring (bicyclic) bond motifs is 1. The first kappa shape index (κ1) is 21.3. The van der Waals surface area contributed by atoms with Crippen molar-refractivity contribution in [1.29, 1.82) is 5.26 Å². The first-order valence-electron chi connectivity index (χ1n) is 10.2. The van der Waals surface area contributed by atoms with Crippen LogP contribution in [0.3, 0.4) is 0 Å². The number of nitriles is 1. The topological polar surface area (TPSA) is 96.9 Å². The number of pyridine rings is 1. The molecule has 0 N–H and O–H groups in total. The zero-order valence-electron chi connectivity index (χ0n) is 17.9. The van der Waals surface area contributed by atoms with Crippen LogP contribution in [0.4, 0.5) is 0 Å². The van der Waals surface area contributed by atoms with E-state index in [0.717, 1.165) is 11.1 Å². The van der Waals surface area contributed by atoms with Gasteiger partial charge in [0.25, 0.3) is 11.5 Å². The molecule has 4 rings (SSSR count). The molecule has 0 radical (unpaired) electrons. The summed E-state index contributed by atoms with van der Waals surface area (Å²) in [6, 6.07) is 12.9. The normalized spacial score (nSPS) is 14.3. The van der Waals surface area contributed by atoms with E-state index in [0.29, 0.717) is 37.7 Å². The molecule has 1 saturated heterocycles. The molecular weight excluding hydrogens is 408 g/mol. The molecule has 0 bridgehead atoms. The second kappa shape index (κ2) is 9.04. The second-order valence-corrected chi connectivity index (χ2v) is 7.46. The summed E-state index contributed by atoms with van der Waals surface area (Å²) in [6.07, 6.45) is 2.87. The minimum Gasteiger partial charge on any atom is -0.438 e. The molecule has 3 aromatic rings. The Hall–Kier alpha value is -3.96. The monoisotopic (exact) mass is 430 g/mol. The predicted octanol–water partition coefficient (Wildman–Crippen LogP) is 2.87. The van der Waals surface area contributed by atoms with Gasteiger partial charge < -0.3 is 14.4 Å². The van der Waals surface area contributed by atoms with Gasteiger partial charge in [0, 0.05) is 19.3 Å². The van der Waals surface area contributed by atoms with Crippen molar-refractivity contribution in [3.63, 3.8) is 0 Å². The van der Waals surface area contributed by atoms with E-state index in [1.165, 1.54) is 15.4 Å². The van der Waals surface area contributed by atoms with Crippen LogP contribution in [0.2, 0.25) is 0 Å². The van der Waals surface area contributed by atoms with Crippen molar-refractivity contribution < 1.29 is 14.3 Å². The Kier molecular flexibility index (Phi) is 6.01. The Labute approximate surface area is 184 Å². The van der Waals surface area contributed by atoms with Crippen molar-refractivity contribution in [1.82, 2.24) is 14.3 Å². The zero-order chi connectivity index (χ0) is 22.7. The van der Waals surface area contributed by atoms with Gasteiger partial charge in [0.15, 0.2) is 0 Å². The van der Waals surface area contributed by atoms with Crippen molar-refractivity contribution in [2.24, 2.45) is 0 Å². The summed E-state index contributed by atoms with van der Waals surface area (Å²) < 4.78 is 12.7. The van der Waals surface area contributed by atoms with E-state index >= 15 is 0 Å². The summed E-state index contributed by atoms with van der Waals surface area (Å²) in [4.78, 5) is 32.4. The Balaban J connectivity index is 1.88. The molecule has 1 fully saturated rings. The first-order chi connectivity index (χ1) is 15.5. The van der Waals surface area contributed by atoms with Crippen molar-refractivity contribution in [2.75, 3.05) is 26.3 Å². The van der Waals surface area contributed by atoms with Crippen LogP contribution in [0.1, 0.15) is 16.7 Å². The molecule has 1 aliphatic heterocycles. The van der Waals surface area contributed by atoms with E-state index in [4.69, 9.17) is 9.47 Å². The lowest BCUT2D eigenvalue weighted by molar-refractivity contribution is -0.130. The van der Waals surface area contributed by atoms with E-state index in [1.54, 1.807) is 18.3 Å². The van der Waals surface area contributed by atoms with Crippen LogP contribution in [-0.2, 0) is 9.53 Å². The second-order valence-electron chi connectivity index (χ2n) is 7.46. The molecule has 0 aliphatic carbocycles. The Morgan fingerprint density at radius 1 is 1.16 bits per heavy atom. The van der Waals surface area contributed by atoms with Crippen LogP contribution in [0.5, 0.6) is 11.6 Å². The maximum Gasteiger partial charge on any atom is 0.269 e. The third-order valence-electron chi connectivity index (χ3n) is 5.29. The van der Waals surface area contributed by atoms with Crippen LogP contribution in [0.15, 0.2) is 53.0 Å². The summed E-state index contributed by atoms with van der Waals surface area (Å²) in [6.45, 7) is 5.32. The highest BCUT2D eigenvalue weighted by Crippen LogP contribution is 2.27. The summed E-state index contributed by atoms with van der Waals surface area (Å²) >= 11 is 0. The molecular formula is C24H22N4O4. The third kappa shape index (κ3) is 4.11. The fraction of sp³-hybridized carbons (Fsp3) is 0.250. The van der Waals surface area contributed by atoms with Crippen molar-refractivity contribution in [3.8, 4) is 17.7 Å². The summed E-state index contributed by atoms with van der Waals surface area (Å²) in [5, 5.41) is 9.69. The van der Waals surface area contributed by atoms with Crippen molar-refractivity contribution in [3.05, 3.63) is 75.2 Å². The van der Waals surface area contributed by atoms with Crippen LogP contribution in [-0.4, -0.2) is 46.5 Å². The maximum absolute atomic E-state index is 13.4. The number of carbonyl (C=O) groups excluding carboxylic acids is 1. The average molecular weight is 430 g/mol. The molecule has 162 valence electrons. The van der Waals surface area contributed by atoms with Gasteiger partial charge in [-0.25, -0.2) is 0 Å². The van der Waals surface area contributed by atoms with E-state index in [-0.39, 0.29) is 17.0 Å². The number of hydrogen-bond acceptors (Lipinski definition) is 6. The molecule has 2 aromatic heterocycles. The van der Waals surface area contributed by atoms with Crippen LogP contribution >= 0.6 is 0 Å². The van der Waals surface area contributed by atoms with Gasteiger partial charge in [0.1, 0.15) is 28.6 Å². The number of carbonyl (C=O) groups is 1. The molecule has 0 spiro atoms. The minimum absolute atomic E-state index is 0.0366. The molecule has 8 heteroatoms. The van der Waals surface area contributed by atoms with Crippen molar-refractivity contribution >= 4 is 17.6 Å². The highest BCUT2D eigenvalue weighted by molar-refractivity contribution is 6.02. The van der Waals surface area contributed by atoms with Crippen molar-refractivity contribution in [2.45, 2.75) is 13.8 Å². The van der Waals surface area contributed by atoms with Gasteiger partial charge >= 0.3 is 0 Å². The van der Waals surface area contributed by atoms with Gasteiger partial charge in [-0.2, -0.15) is 10.2 Å². The first-order valence-corrected chi connectivity index (χ1v) is 10.2. The van der Waals surface area contributed by atoms with Gasteiger partial charge in [-0.05, 0) is 43.2 Å². The number of amides is 1. The lowest BCUT2D eigenvalue weighted by Crippen LogP contribution is -2.41. The number of nitrogens with zero attached hydrogens (tertiary/aromatic N) is 4. The molecule has 1 aromatic carbocycles. The van der Waals surface area contributed by atoms with Gasteiger partial charge in [0.2, 0.25) is 5.88 Å². The highest BCUT2D eigenvalue weighted by Gasteiger charge is 2.23. The lowest BCUT2D eigenvalue weighted by Gasteiger charge is -2.26. The highest BCUT2D eigenvalue weighted by atomic mass is 16.5. The number of benzene rings is 1. The summed E-state index contributed by atoms with van der Waals surface area (Å²) in [5.74, 6) is 0.123. The zero-order valence-corrected chi connectivity index (χ0v) is 17.9. The van der Waals surface area contributed by atoms with Crippen LogP contribution < -0.4 is 10.3 Å². The molecule has 0 atom stereocenters. The number of aryl methyl sites for hydroxylation is 2. The molecule has 1 amide bonds. The lowest BCUT2D eigenvalue weighted by atomic mass is 10.1. The number of ether oxygens (including phenoxy) is 2. The fourth-order valence-corrected chi connectivity index (χ4v) is 3.49. The van der Waals surface area contributed by atoms with E-state index in [9.17, 15) is 14.9 Å². The largest absolute Gasteiger partial charge is 0.438 e. The average Bonchev–Trinajstić information content (AvgIpc) is 2.81. The van der Waals surface area contributed by atoms with Gasteiger partial charge in [-0.1, -0.05) is 24.3 Å². The standard InChI is InChI=1S/C24H22N4O4/c1-16-6-3-4-8-20(16)32-22-19(24(30)28-9-5-7-17(2)21(28)26-22)14-18(15-25)23(29)27-10-12-31-13-11-27/h3-9,14H,10-13H2,1-2H3/b18-14+. The number of para-hydroxylation sites is 1. The maximum atomic E-state index is 13.4. The summed E-state index contributed by atoms with van der Waals surface area (Å²) in [7, 11) is 0. The number of morpholine rings is 1. The number of aromatic nitrogens is 2. The molecule has 0 saturated carbocycles. The van der Waals surface area contributed by atoms with Gasteiger partial charge in [-0.15, -0.1) is 0 Å². The molecule has 1 aliphatic rings. The Morgan fingerprint density at radius 3 is 2.59 bits per heavy atom. The number of hydrogen-bond donors (Lipinski definition) is 0. The van der Waals surface area contributed by atoms with Crippen LogP contribution in [0, 0.1) is 25.2 Å². The molecule has 8 nitrogen and oxygen atoms in total. The van der Waals surface area contributed by atoms with E-state index in [2.05, 4.69) is 4.98 Å². The smallest absolute Gasteiger partial charge is 0.269 e. The molecule has 3 heterocycles. The number of rotatable bonds is 4.